The summed E-state index contributed by atoms with van der Waals surface area (Å²) in [6.45, 7) is 8.15. The summed E-state index contributed by atoms with van der Waals surface area (Å²) in [5, 5.41) is 9.05. The molecular formula is C20H28O3. The van der Waals surface area contributed by atoms with Crippen molar-refractivity contribution < 1.29 is 14.7 Å². The van der Waals surface area contributed by atoms with Crippen LogP contribution < -0.4 is 0 Å². The Kier molecular flexibility index (Phi) is 4.02. The summed E-state index contributed by atoms with van der Waals surface area (Å²) >= 11 is 0. The lowest BCUT2D eigenvalue weighted by Gasteiger charge is -2.59. The fourth-order valence-corrected chi connectivity index (χ4v) is 5.36. The first-order chi connectivity index (χ1) is 10.8. The van der Waals surface area contributed by atoms with Gasteiger partial charge in [-0.25, -0.2) is 0 Å². The number of carbonyl (C=O) groups excluding carboxylic acids is 1. The van der Waals surface area contributed by atoms with Crippen LogP contribution in [0, 0.1) is 28.6 Å². The van der Waals surface area contributed by atoms with Gasteiger partial charge >= 0.3 is 5.97 Å². The zero-order valence-corrected chi connectivity index (χ0v) is 14.3. The second-order valence-electron chi connectivity index (χ2n) is 8.34. The number of carbonyl (C=O) groups is 2. The third kappa shape index (κ3) is 2.58. The molecule has 0 aromatic carbocycles. The quantitative estimate of drug-likeness (QED) is 0.766. The molecule has 23 heavy (non-hydrogen) atoms. The molecule has 0 saturated heterocycles. The minimum atomic E-state index is -0.741. The van der Waals surface area contributed by atoms with Gasteiger partial charge in [0, 0.05) is 5.41 Å². The molecule has 0 radical (unpaired) electrons. The van der Waals surface area contributed by atoms with Crippen molar-refractivity contribution >= 4 is 11.8 Å². The van der Waals surface area contributed by atoms with Gasteiger partial charge in [-0.2, -0.15) is 0 Å². The highest BCUT2D eigenvalue weighted by Crippen LogP contribution is 2.64. The molecule has 0 aliphatic heterocycles. The zero-order valence-electron chi connectivity index (χ0n) is 14.3. The van der Waals surface area contributed by atoms with E-state index in [9.17, 15) is 9.59 Å². The standard InChI is InChI=1S/C20H28O3/c1-13(18(22)23)5-4-8-19(3)16-11-15-6-9-20(16,12-14(15)2)10-7-17(19)21/h7,10,13,15-16H,2,4-6,8-9,11-12H2,1,3H3,(H,22,23)/t13-,15-,16-,19-,20+/m0/s1. The van der Waals surface area contributed by atoms with Gasteiger partial charge < -0.3 is 5.11 Å². The Morgan fingerprint density at radius 1 is 1.52 bits per heavy atom. The molecule has 1 spiro atoms. The molecule has 0 amide bonds. The van der Waals surface area contributed by atoms with Crippen LogP contribution in [0.5, 0.6) is 0 Å². The molecular weight excluding hydrogens is 288 g/mol. The predicted octanol–water partition coefficient (Wildman–Crippen LogP) is 4.39. The van der Waals surface area contributed by atoms with E-state index in [-0.39, 0.29) is 22.5 Å². The van der Waals surface area contributed by atoms with Gasteiger partial charge in [-0.15, -0.1) is 0 Å². The summed E-state index contributed by atoms with van der Waals surface area (Å²) in [6.07, 6.45) is 10.8. The number of hydrogen-bond acceptors (Lipinski definition) is 2. The largest absolute Gasteiger partial charge is 0.481 e. The van der Waals surface area contributed by atoms with Crippen molar-refractivity contribution in [3.8, 4) is 0 Å². The van der Waals surface area contributed by atoms with Gasteiger partial charge in [-0.1, -0.05) is 38.5 Å². The Hall–Kier alpha value is -1.38. The zero-order chi connectivity index (χ0) is 16.8. The molecule has 0 unspecified atom stereocenters. The summed E-state index contributed by atoms with van der Waals surface area (Å²) in [7, 11) is 0. The molecule has 4 aliphatic rings. The molecule has 4 aliphatic carbocycles. The number of allylic oxidation sites excluding steroid dienone is 3. The topological polar surface area (TPSA) is 54.4 Å². The van der Waals surface area contributed by atoms with Crippen molar-refractivity contribution in [2.24, 2.45) is 28.6 Å². The van der Waals surface area contributed by atoms with Gasteiger partial charge in [-0.05, 0) is 61.9 Å². The van der Waals surface area contributed by atoms with Crippen molar-refractivity contribution in [2.45, 2.75) is 58.8 Å². The maximum Gasteiger partial charge on any atom is 0.306 e. The monoisotopic (exact) mass is 316 g/mol. The lowest BCUT2D eigenvalue weighted by Crippen LogP contribution is -2.53. The number of carboxylic acid groups (broad SMARTS) is 1. The first kappa shape index (κ1) is 16.5. The second kappa shape index (κ2) is 5.61. The number of ketones is 1. The molecule has 1 N–H and O–H groups in total. The average Bonchev–Trinajstić information content (AvgIpc) is 2.51. The van der Waals surface area contributed by atoms with E-state index in [1.165, 1.54) is 18.4 Å². The fraction of sp³-hybridized carbons (Fsp3) is 0.700. The van der Waals surface area contributed by atoms with E-state index in [0.29, 0.717) is 18.3 Å². The molecule has 5 atom stereocenters. The average molecular weight is 316 g/mol. The predicted molar refractivity (Wildman–Crippen MR) is 89.9 cm³/mol. The molecule has 3 saturated carbocycles. The van der Waals surface area contributed by atoms with Gasteiger partial charge in [0.05, 0.1) is 5.92 Å². The van der Waals surface area contributed by atoms with Gasteiger partial charge in [0.15, 0.2) is 5.78 Å². The highest BCUT2D eigenvalue weighted by molar-refractivity contribution is 5.96. The van der Waals surface area contributed by atoms with E-state index >= 15 is 0 Å². The highest BCUT2D eigenvalue weighted by atomic mass is 16.4. The molecule has 3 nitrogen and oxygen atoms in total. The van der Waals surface area contributed by atoms with Crippen molar-refractivity contribution in [3.05, 3.63) is 24.3 Å². The first-order valence-electron chi connectivity index (χ1n) is 8.93. The lowest BCUT2D eigenvalue weighted by molar-refractivity contribution is -0.141. The van der Waals surface area contributed by atoms with Crippen LogP contribution in [-0.2, 0) is 9.59 Å². The first-order valence-corrected chi connectivity index (χ1v) is 8.93. The number of fused-ring (bicyclic) bond motifs is 2. The molecule has 2 bridgehead atoms. The minimum absolute atomic E-state index is 0.132. The minimum Gasteiger partial charge on any atom is -0.481 e. The number of rotatable bonds is 5. The smallest absolute Gasteiger partial charge is 0.306 e. The Morgan fingerprint density at radius 2 is 2.26 bits per heavy atom. The van der Waals surface area contributed by atoms with E-state index in [1.54, 1.807) is 6.92 Å². The molecule has 4 rings (SSSR count). The van der Waals surface area contributed by atoms with Gasteiger partial charge in [0.25, 0.3) is 0 Å². The summed E-state index contributed by atoms with van der Waals surface area (Å²) in [5.74, 6) is 0.156. The maximum atomic E-state index is 12.7. The highest BCUT2D eigenvalue weighted by Gasteiger charge is 2.57. The number of hydrogen-bond donors (Lipinski definition) is 1. The van der Waals surface area contributed by atoms with Crippen LogP contribution in [0.25, 0.3) is 0 Å². The molecule has 0 aromatic rings. The van der Waals surface area contributed by atoms with Crippen LogP contribution >= 0.6 is 0 Å². The van der Waals surface area contributed by atoms with Crippen LogP contribution in [-0.4, -0.2) is 16.9 Å². The molecule has 126 valence electrons. The van der Waals surface area contributed by atoms with E-state index < -0.39 is 5.97 Å². The number of carboxylic acids is 1. The van der Waals surface area contributed by atoms with E-state index in [1.807, 2.05) is 6.08 Å². The van der Waals surface area contributed by atoms with Gasteiger partial charge in [0.1, 0.15) is 0 Å². The Balaban J connectivity index is 1.78. The SMILES string of the molecule is C=C1C[C@@]23C=CC(=O)[C@@](C)(CCC[C@H](C)C(=O)O)[C@@H]2C[C@@H]1CC3. The van der Waals surface area contributed by atoms with Crippen molar-refractivity contribution in [1.82, 2.24) is 0 Å². The summed E-state index contributed by atoms with van der Waals surface area (Å²) in [5.41, 5.74) is 1.17. The van der Waals surface area contributed by atoms with Gasteiger partial charge in [-0.3, -0.25) is 9.59 Å². The fourth-order valence-electron chi connectivity index (χ4n) is 5.36. The lowest BCUT2D eigenvalue weighted by atomic mass is 9.44. The van der Waals surface area contributed by atoms with Gasteiger partial charge in [0.2, 0.25) is 0 Å². The van der Waals surface area contributed by atoms with E-state index in [4.69, 9.17) is 5.11 Å². The molecule has 3 heteroatoms. The van der Waals surface area contributed by atoms with Crippen LogP contribution in [0.4, 0.5) is 0 Å². The summed E-state index contributed by atoms with van der Waals surface area (Å²) < 4.78 is 0. The van der Waals surface area contributed by atoms with E-state index in [2.05, 4.69) is 19.6 Å². The van der Waals surface area contributed by atoms with Crippen molar-refractivity contribution in [1.29, 1.82) is 0 Å². The van der Waals surface area contributed by atoms with Crippen molar-refractivity contribution in [2.75, 3.05) is 0 Å². The van der Waals surface area contributed by atoms with Crippen LogP contribution in [0.1, 0.15) is 58.8 Å². The molecule has 0 heterocycles. The maximum absolute atomic E-state index is 12.7. The van der Waals surface area contributed by atoms with Crippen LogP contribution in [0.15, 0.2) is 24.3 Å². The number of aliphatic carboxylic acids is 1. The Labute approximate surface area is 138 Å². The van der Waals surface area contributed by atoms with Crippen LogP contribution in [0.2, 0.25) is 0 Å². The Morgan fingerprint density at radius 3 is 2.91 bits per heavy atom. The third-order valence-electron chi connectivity index (χ3n) is 6.96. The summed E-state index contributed by atoms with van der Waals surface area (Å²) in [4.78, 5) is 23.7. The molecule has 0 aromatic heterocycles. The summed E-state index contributed by atoms with van der Waals surface area (Å²) in [6, 6.07) is 0. The van der Waals surface area contributed by atoms with Crippen LogP contribution in [0.3, 0.4) is 0 Å². The normalized spacial score (nSPS) is 40.1. The Bertz CT molecular complexity index is 575. The third-order valence-corrected chi connectivity index (χ3v) is 6.96. The second-order valence-corrected chi connectivity index (χ2v) is 8.34. The molecule has 3 fully saturated rings. The van der Waals surface area contributed by atoms with E-state index in [0.717, 1.165) is 25.7 Å². The van der Waals surface area contributed by atoms with Crippen molar-refractivity contribution in [3.63, 3.8) is 0 Å².